The zero-order valence-electron chi connectivity index (χ0n) is 15.7. The van der Waals surface area contributed by atoms with E-state index in [1.54, 1.807) is 18.2 Å². The van der Waals surface area contributed by atoms with Crippen LogP contribution in [0.2, 0.25) is 0 Å². The Hall–Kier alpha value is -2.99. The van der Waals surface area contributed by atoms with Crippen molar-refractivity contribution in [1.82, 2.24) is 15.1 Å². The van der Waals surface area contributed by atoms with Crippen molar-refractivity contribution in [2.75, 3.05) is 0 Å². The van der Waals surface area contributed by atoms with Crippen molar-refractivity contribution in [2.24, 2.45) is 0 Å². The molecule has 28 heavy (non-hydrogen) atoms. The lowest BCUT2D eigenvalue weighted by atomic mass is 10.1. The summed E-state index contributed by atoms with van der Waals surface area (Å²) < 4.78 is 15.7. The SMILES string of the molecule is Cc1ccc(Cn2nc(C)c3cc(C(=O)NCc4ccccc4F)sc32)cc1. The highest BCUT2D eigenvalue weighted by atomic mass is 32.1. The van der Waals surface area contributed by atoms with Crippen LogP contribution in [0.1, 0.15) is 32.1 Å². The highest BCUT2D eigenvalue weighted by Gasteiger charge is 2.16. The van der Waals surface area contributed by atoms with E-state index in [0.717, 1.165) is 21.5 Å². The first-order valence-corrected chi connectivity index (χ1v) is 9.87. The Morgan fingerprint density at radius 2 is 1.89 bits per heavy atom. The van der Waals surface area contributed by atoms with E-state index in [1.165, 1.54) is 23.0 Å². The van der Waals surface area contributed by atoms with Gasteiger partial charge in [-0.1, -0.05) is 48.0 Å². The fraction of sp³-hybridized carbons (Fsp3) is 0.182. The average molecular weight is 393 g/mol. The number of hydrogen-bond donors (Lipinski definition) is 1. The van der Waals surface area contributed by atoms with Crippen molar-refractivity contribution >= 4 is 27.5 Å². The van der Waals surface area contributed by atoms with Crippen molar-refractivity contribution in [2.45, 2.75) is 26.9 Å². The predicted molar refractivity (Wildman–Crippen MR) is 110 cm³/mol. The van der Waals surface area contributed by atoms with Crippen LogP contribution in [0.5, 0.6) is 0 Å². The van der Waals surface area contributed by atoms with Crippen LogP contribution in [0.15, 0.2) is 54.6 Å². The third-order valence-electron chi connectivity index (χ3n) is 4.68. The van der Waals surface area contributed by atoms with Crippen LogP contribution < -0.4 is 5.32 Å². The molecular formula is C22H20FN3OS. The second-order valence-corrected chi connectivity index (χ2v) is 7.86. The van der Waals surface area contributed by atoms with E-state index >= 15 is 0 Å². The van der Waals surface area contributed by atoms with Crippen molar-refractivity contribution < 1.29 is 9.18 Å². The lowest BCUT2D eigenvalue weighted by Gasteiger charge is -2.05. The molecule has 0 unspecified atom stereocenters. The molecule has 4 nitrogen and oxygen atoms in total. The molecule has 0 radical (unpaired) electrons. The summed E-state index contributed by atoms with van der Waals surface area (Å²) in [6.07, 6.45) is 0. The lowest BCUT2D eigenvalue weighted by molar-refractivity contribution is 0.0954. The monoisotopic (exact) mass is 393 g/mol. The molecule has 0 aliphatic heterocycles. The van der Waals surface area contributed by atoms with Crippen LogP contribution >= 0.6 is 11.3 Å². The second kappa shape index (κ2) is 7.56. The van der Waals surface area contributed by atoms with Crippen molar-refractivity contribution in [3.05, 3.63) is 87.7 Å². The molecule has 1 amide bonds. The summed E-state index contributed by atoms with van der Waals surface area (Å²) in [6.45, 7) is 4.82. The van der Waals surface area contributed by atoms with Gasteiger partial charge < -0.3 is 5.32 Å². The van der Waals surface area contributed by atoms with Gasteiger partial charge in [-0.05, 0) is 31.5 Å². The number of amides is 1. The highest BCUT2D eigenvalue weighted by molar-refractivity contribution is 7.20. The molecule has 0 fully saturated rings. The molecule has 6 heteroatoms. The van der Waals surface area contributed by atoms with Gasteiger partial charge in [-0.2, -0.15) is 5.10 Å². The van der Waals surface area contributed by atoms with Crippen LogP contribution in [0.3, 0.4) is 0 Å². The number of carbonyl (C=O) groups excluding carboxylic acids is 1. The average Bonchev–Trinajstić information content (AvgIpc) is 3.24. The summed E-state index contributed by atoms with van der Waals surface area (Å²) in [5.41, 5.74) is 3.75. The zero-order chi connectivity index (χ0) is 19.7. The molecule has 0 aliphatic carbocycles. The van der Waals surface area contributed by atoms with Crippen LogP contribution in [-0.2, 0) is 13.1 Å². The number of aryl methyl sites for hydroxylation is 2. The Morgan fingerprint density at radius 1 is 1.14 bits per heavy atom. The van der Waals surface area contributed by atoms with Gasteiger partial charge >= 0.3 is 0 Å². The third kappa shape index (κ3) is 3.68. The third-order valence-corrected chi connectivity index (χ3v) is 5.83. The molecule has 2 heterocycles. The number of nitrogens with one attached hydrogen (secondary N) is 1. The molecule has 1 N–H and O–H groups in total. The van der Waals surface area contributed by atoms with Crippen LogP contribution in [-0.4, -0.2) is 15.7 Å². The van der Waals surface area contributed by atoms with E-state index in [0.29, 0.717) is 17.0 Å². The molecule has 4 aromatic rings. The zero-order valence-corrected chi connectivity index (χ0v) is 16.5. The first-order chi connectivity index (χ1) is 13.5. The maximum atomic E-state index is 13.7. The van der Waals surface area contributed by atoms with Gasteiger partial charge in [-0.25, -0.2) is 4.39 Å². The summed E-state index contributed by atoms with van der Waals surface area (Å²) in [4.78, 5) is 14.1. The normalized spacial score (nSPS) is 11.1. The Kier molecular flexibility index (Phi) is 4.96. The van der Waals surface area contributed by atoms with Gasteiger partial charge in [-0.15, -0.1) is 11.3 Å². The fourth-order valence-corrected chi connectivity index (χ4v) is 4.18. The standard InChI is InChI=1S/C22H20FN3OS/c1-14-7-9-16(10-8-14)13-26-22-18(15(2)25-26)11-20(28-22)21(27)24-12-17-5-3-4-6-19(17)23/h3-11H,12-13H2,1-2H3,(H,24,27). The first kappa shape index (κ1) is 18.4. The smallest absolute Gasteiger partial charge is 0.261 e. The Balaban J connectivity index is 1.55. The quantitative estimate of drug-likeness (QED) is 0.528. The molecule has 0 saturated heterocycles. The minimum atomic E-state index is -0.316. The number of thiophene rings is 1. The highest BCUT2D eigenvalue weighted by Crippen LogP contribution is 2.29. The van der Waals surface area contributed by atoms with Crippen LogP contribution in [0.4, 0.5) is 4.39 Å². The van der Waals surface area contributed by atoms with Gasteiger partial charge in [0.25, 0.3) is 5.91 Å². The maximum Gasteiger partial charge on any atom is 0.261 e. The molecule has 0 saturated carbocycles. The van der Waals surface area contributed by atoms with E-state index in [4.69, 9.17) is 0 Å². The van der Waals surface area contributed by atoms with E-state index < -0.39 is 0 Å². The number of carbonyl (C=O) groups is 1. The molecular weight excluding hydrogens is 373 g/mol. The van der Waals surface area contributed by atoms with Gasteiger partial charge in [0.05, 0.1) is 17.1 Å². The Labute approximate surface area is 166 Å². The largest absolute Gasteiger partial charge is 0.347 e. The van der Waals surface area contributed by atoms with E-state index in [9.17, 15) is 9.18 Å². The van der Waals surface area contributed by atoms with Gasteiger partial charge in [-0.3, -0.25) is 9.48 Å². The first-order valence-electron chi connectivity index (χ1n) is 9.05. The molecule has 2 aromatic carbocycles. The fourth-order valence-electron chi connectivity index (χ4n) is 3.10. The van der Waals surface area contributed by atoms with Crippen LogP contribution in [0.25, 0.3) is 10.2 Å². The molecule has 4 rings (SSSR count). The molecule has 0 aliphatic rings. The predicted octanol–water partition coefficient (Wildman–Crippen LogP) is 4.83. The van der Waals surface area contributed by atoms with Crippen molar-refractivity contribution in [1.29, 1.82) is 0 Å². The van der Waals surface area contributed by atoms with Gasteiger partial charge in [0.2, 0.25) is 0 Å². The number of fused-ring (bicyclic) bond motifs is 1. The summed E-state index contributed by atoms with van der Waals surface area (Å²) >= 11 is 1.41. The van der Waals surface area contributed by atoms with E-state index in [1.807, 2.05) is 17.7 Å². The van der Waals surface area contributed by atoms with Gasteiger partial charge in [0.15, 0.2) is 0 Å². The number of benzene rings is 2. The second-order valence-electron chi connectivity index (χ2n) is 6.83. The number of nitrogens with zero attached hydrogens (tertiary/aromatic N) is 2. The van der Waals surface area contributed by atoms with Crippen molar-refractivity contribution in [3.63, 3.8) is 0 Å². The minimum Gasteiger partial charge on any atom is -0.347 e. The Bertz CT molecular complexity index is 1140. The number of aromatic nitrogens is 2. The van der Waals surface area contributed by atoms with Gasteiger partial charge in [0.1, 0.15) is 10.6 Å². The maximum absolute atomic E-state index is 13.7. The number of halogens is 1. The summed E-state index contributed by atoms with van der Waals surface area (Å²) in [6, 6.07) is 16.7. The topological polar surface area (TPSA) is 46.9 Å². The summed E-state index contributed by atoms with van der Waals surface area (Å²) in [5.74, 6) is -0.519. The van der Waals surface area contributed by atoms with Gasteiger partial charge in [0, 0.05) is 17.5 Å². The summed E-state index contributed by atoms with van der Waals surface area (Å²) in [7, 11) is 0. The van der Waals surface area contributed by atoms with E-state index in [2.05, 4.69) is 41.6 Å². The number of hydrogen-bond acceptors (Lipinski definition) is 3. The van der Waals surface area contributed by atoms with E-state index in [-0.39, 0.29) is 18.3 Å². The lowest BCUT2D eigenvalue weighted by Crippen LogP contribution is -2.22. The molecule has 142 valence electrons. The molecule has 0 spiro atoms. The van der Waals surface area contributed by atoms with Crippen LogP contribution in [0, 0.1) is 19.7 Å². The minimum absolute atomic E-state index is 0.161. The molecule has 0 bridgehead atoms. The molecule has 0 atom stereocenters. The molecule has 2 aromatic heterocycles. The Morgan fingerprint density at radius 3 is 2.64 bits per heavy atom. The van der Waals surface area contributed by atoms with Crippen molar-refractivity contribution in [3.8, 4) is 0 Å². The summed E-state index contributed by atoms with van der Waals surface area (Å²) in [5, 5.41) is 8.40. The number of rotatable bonds is 5.